The summed E-state index contributed by atoms with van der Waals surface area (Å²) in [4.78, 5) is 0. The second-order valence-corrected chi connectivity index (χ2v) is 6.72. The molecule has 0 unspecified atom stereocenters. The summed E-state index contributed by atoms with van der Waals surface area (Å²) in [5.74, 6) is -0.385. The quantitative estimate of drug-likeness (QED) is 0.895. The zero-order valence-corrected chi connectivity index (χ0v) is 12.7. The van der Waals surface area contributed by atoms with Gasteiger partial charge in [-0.15, -0.1) is 0 Å². The number of thioether (sulfide) groups is 1. The van der Waals surface area contributed by atoms with Gasteiger partial charge < -0.3 is 5.32 Å². The predicted molar refractivity (Wildman–Crippen MR) is 82.2 cm³/mol. The summed E-state index contributed by atoms with van der Waals surface area (Å²) in [6, 6.07) is 6.89. The first kappa shape index (κ1) is 15.3. The van der Waals surface area contributed by atoms with Crippen molar-refractivity contribution in [2.24, 2.45) is 0 Å². The third kappa shape index (κ3) is 3.53. The molecule has 0 amide bonds. The summed E-state index contributed by atoms with van der Waals surface area (Å²) in [6.07, 6.45) is 8.57. The molecule has 0 saturated heterocycles. The maximum Gasteiger partial charge on any atom is 0.145 e. The predicted octanol–water partition coefficient (Wildman–Crippen LogP) is 3.85. The summed E-state index contributed by atoms with van der Waals surface area (Å²) >= 11 is 1.93. The molecule has 1 N–H and O–H groups in total. The highest BCUT2D eigenvalue weighted by atomic mass is 32.2. The lowest BCUT2D eigenvalue weighted by Crippen LogP contribution is -2.39. The minimum absolute atomic E-state index is 0.126. The van der Waals surface area contributed by atoms with Crippen LogP contribution in [0.3, 0.4) is 0 Å². The molecule has 1 aliphatic carbocycles. The van der Waals surface area contributed by atoms with Crippen molar-refractivity contribution >= 4 is 11.8 Å². The minimum atomic E-state index is -0.385. The normalized spacial score (nSPS) is 17.6. The van der Waals surface area contributed by atoms with Gasteiger partial charge >= 0.3 is 0 Å². The molecule has 1 aliphatic rings. The molecule has 0 aliphatic heterocycles. The van der Waals surface area contributed by atoms with E-state index in [1.54, 1.807) is 12.1 Å². The van der Waals surface area contributed by atoms with Crippen molar-refractivity contribution in [2.45, 2.75) is 43.4 Å². The smallest absolute Gasteiger partial charge is 0.145 e. The van der Waals surface area contributed by atoms with Crippen LogP contribution < -0.4 is 5.32 Å². The number of nitriles is 1. The van der Waals surface area contributed by atoms with E-state index in [1.165, 1.54) is 38.2 Å². The van der Waals surface area contributed by atoms with Crippen molar-refractivity contribution in [1.29, 1.82) is 5.26 Å². The van der Waals surface area contributed by atoms with Crippen LogP contribution in [-0.2, 0) is 6.54 Å². The molecule has 0 atom stereocenters. The SMILES string of the molecule is CSC1(CNCc2cccc(C#N)c2F)CCCCC1. The molecule has 1 fully saturated rings. The van der Waals surface area contributed by atoms with E-state index in [4.69, 9.17) is 5.26 Å². The zero-order chi connectivity index (χ0) is 14.4. The van der Waals surface area contributed by atoms with Crippen LogP contribution in [0.2, 0.25) is 0 Å². The Bertz CT molecular complexity index is 490. The number of nitrogens with one attached hydrogen (secondary N) is 1. The molecular weight excluding hydrogens is 271 g/mol. The maximum atomic E-state index is 13.9. The Morgan fingerprint density at radius 1 is 1.35 bits per heavy atom. The van der Waals surface area contributed by atoms with E-state index in [-0.39, 0.29) is 11.4 Å². The van der Waals surface area contributed by atoms with Gasteiger partial charge in [-0.1, -0.05) is 31.4 Å². The van der Waals surface area contributed by atoms with Crippen LogP contribution in [0.1, 0.15) is 43.2 Å². The highest BCUT2D eigenvalue weighted by molar-refractivity contribution is 8.00. The van der Waals surface area contributed by atoms with Crippen molar-refractivity contribution in [3.8, 4) is 6.07 Å². The minimum Gasteiger partial charge on any atom is -0.311 e. The highest BCUT2D eigenvalue weighted by Crippen LogP contribution is 2.38. The fraction of sp³-hybridized carbons (Fsp3) is 0.562. The number of halogens is 1. The van der Waals surface area contributed by atoms with Gasteiger partial charge in [0.25, 0.3) is 0 Å². The Morgan fingerprint density at radius 2 is 2.10 bits per heavy atom. The van der Waals surface area contributed by atoms with Crippen molar-refractivity contribution in [1.82, 2.24) is 5.32 Å². The van der Waals surface area contributed by atoms with Crippen LogP contribution in [-0.4, -0.2) is 17.5 Å². The van der Waals surface area contributed by atoms with Crippen LogP contribution in [0, 0.1) is 17.1 Å². The van der Waals surface area contributed by atoms with Gasteiger partial charge in [0.15, 0.2) is 0 Å². The lowest BCUT2D eigenvalue weighted by atomic mass is 9.88. The van der Waals surface area contributed by atoms with Crippen LogP contribution in [0.4, 0.5) is 4.39 Å². The van der Waals surface area contributed by atoms with Gasteiger partial charge in [0.1, 0.15) is 11.9 Å². The molecule has 1 aromatic rings. The molecule has 0 bridgehead atoms. The molecule has 2 rings (SSSR count). The van der Waals surface area contributed by atoms with Crippen molar-refractivity contribution in [3.05, 3.63) is 35.1 Å². The molecule has 0 heterocycles. The summed E-state index contributed by atoms with van der Waals surface area (Å²) in [6.45, 7) is 1.40. The van der Waals surface area contributed by atoms with E-state index in [2.05, 4.69) is 11.6 Å². The van der Waals surface area contributed by atoms with E-state index in [1.807, 2.05) is 17.8 Å². The largest absolute Gasteiger partial charge is 0.311 e. The molecule has 108 valence electrons. The first-order valence-electron chi connectivity index (χ1n) is 7.14. The van der Waals surface area contributed by atoms with E-state index < -0.39 is 0 Å². The second-order valence-electron chi connectivity index (χ2n) is 5.44. The molecule has 0 aromatic heterocycles. The zero-order valence-electron chi connectivity index (χ0n) is 11.9. The Hall–Kier alpha value is -1.05. The Balaban J connectivity index is 1.94. The fourth-order valence-corrected chi connectivity index (χ4v) is 3.82. The molecule has 0 radical (unpaired) electrons. The van der Waals surface area contributed by atoms with Crippen molar-refractivity contribution in [2.75, 3.05) is 12.8 Å². The number of benzene rings is 1. The third-order valence-electron chi connectivity index (χ3n) is 4.16. The summed E-state index contributed by atoms with van der Waals surface area (Å²) in [5, 5.41) is 12.2. The van der Waals surface area contributed by atoms with E-state index in [0.717, 1.165) is 6.54 Å². The maximum absolute atomic E-state index is 13.9. The number of rotatable bonds is 5. The molecule has 0 spiro atoms. The van der Waals surface area contributed by atoms with Gasteiger partial charge in [0, 0.05) is 23.4 Å². The summed E-state index contributed by atoms with van der Waals surface area (Å²) in [5.41, 5.74) is 0.706. The monoisotopic (exact) mass is 292 g/mol. The second kappa shape index (κ2) is 7.10. The molecule has 1 saturated carbocycles. The van der Waals surface area contributed by atoms with Gasteiger partial charge in [-0.3, -0.25) is 0 Å². The van der Waals surface area contributed by atoms with Gasteiger partial charge in [0.2, 0.25) is 0 Å². The van der Waals surface area contributed by atoms with Gasteiger partial charge in [-0.2, -0.15) is 17.0 Å². The Morgan fingerprint density at radius 3 is 2.75 bits per heavy atom. The van der Waals surface area contributed by atoms with E-state index in [9.17, 15) is 4.39 Å². The lowest BCUT2D eigenvalue weighted by Gasteiger charge is -2.36. The molecule has 1 aromatic carbocycles. The van der Waals surface area contributed by atoms with Crippen molar-refractivity contribution < 1.29 is 4.39 Å². The van der Waals surface area contributed by atoms with E-state index >= 15 is 0 Å². The van der Waals surface area contributed by atoms with Gasteiger partial charge in [-0.25, -0.2) is 4.39 Å². The summed E-state index contributed by atoms with van der Waals surface area (Å²) in [7, 11) is 0. The lowest BCUT2D eigenvalue weighted by molar-refractivity contribution is 0.378. The number of nitrogens with zero attached hydrogens (tertiary/aromatic N) is 1. The van der Waals surface area contributed by atoms with Crippen LogP contribution >= 0.6 is 11.8 Å². The molecule has 4 heteroatoms. The molecule has 2 nitrogen and oxygen atoms in total. The average Bonchev–Trinajstić information content (AvgIpc) is 2.50. The first-order chi connectivity index (χ1) is 9.71. The third-order valence-corrected chi connectivity index (χ3v) is 5.58. The Kier molecular flexibility index (Phi) is 5.45. The fourth-order valence-electron chi connectivity index (χ4n) is 2.88. The van der Waals surface area contributed by atoms with E-state index in [0.29, 0.717) is 16.9 Å². The Labute approximate surface area is 124 Å². The summed E-state index contributed by atoms with van der Waals surface area (Å²) < 4.78 is 14.3. The number of hydrogen-bond donors (Lipinski definition) is 1. The standard InChI is InChI=1S/C16H21FN2S/c1-20-16(8-3-2-4-9-16)12-19-11-14-7-5-6-13(10-18)15(14)17/h5-7,19H,2-4,8-9,11-12H2,1H3. The van der Waals surface area contributed by atoms with Crippen LogP contribution in [0.25, 0.3) is 0 Å². The van der Waals surface area contributed by atoms with Gasteiger partial charge in [-0.05, 0) is 25.2 Å². The first-order valence-corrected chi connectivity index (χ1v) is 8.37. The average molecular weight is 292 g/mol. The van der Waals surface area contributed by atoms with Gasteiger partial charge in [0.05, 0.1) is 5.56 Å². The molecule has 20 heavy (non-hydrogen) atoms. The van der Waals surface area contributed by atoms with Crippen LogP contribution in [0.15, 0.2) is 18.2 Å². The van der Waals surface area contributed by atoms with Crippen molar-refractivity contribution in [3.63, 3.8) is 0 Å². The van der Waals surface area contributed by atoms with Crippen LogP contribution in [0.5, 0.6) is 0 Å². The highest BCUT2D eigenvalue weighted by Gasteiger charge is 2.30. The number of hydrogen-bond acceptors (Lipinski definition) is 3. The topological polar surface area (TPSA) is 35.8 Å². The molecular formula is C16H21FN2S.